The minimum absolute atomic E-state index is 0.0205. The second-order valence-corrected chi connectivity index (χ2v) is 4.08. The molecule has 0 saturated carbocycles. The quantitative estimate of drug-likeness (QED) is 0.644. The third kappa shape index (κ3) is 4.25. The number of carbonyl (C=O) groups is 2. The fourth-order valence-corrected chi connectivity index (χ4v) is 1.16. The molecule has 0 spiro atoms. The summed E-state index contributed by atoms with van der Waals surface area (Å²) in [4.78, 5) is 23.9. The molecular weight excluding hydrogens is 182 g/mol. The molecule has 0 unspecified atom stereocenters. The van der Waals surface area contributed by atoms with Crippen LogP contribution in [0.5, 0.6) is 0 Å². The van der Waals surface area contributed by atoms with E-state index < -0.39 is 0 Å². The third-order valence-electron chi connectivity index (χ3n) is 1.78. The van der Waals surface area contributed by atoms with E-state index >= 15 is 0 Å². The number of hydrogen-bond donors (Lipinski definition) is 0. The Labute approximate surface area is 85.2 Å². The van der Waals surface area contributed by atoms with Gasteiger partial charge < -0.3 is 9.64 Å². The highest BCUT2D eigenvalue weighted by Crippen LogP contribution is 2.12. The lowest BCUT2D eigenvalue weighted by Crippen LogP contribution is -2.47. The Bertz CT molecular complexity index is 218. The summed E-state index contributed by atoms with van der Waals surface area (Å²) in [5.74, 6) is -0.483. The lowest BCUT2D eigenvalue weighted by Gasteiger charge is -2.33. The predicted molar refractivity (Wildman–Crippen MR) is 53.8 cm³/mol. The van der Waals surface area contributed by atoms with Crippen LogP contribution in [0.2, 0.25) is 0 Å². The van der Waals surface area contributed by atoms with Crippen LogP contribution in [-0.2, 0) is 14.3 Å². The molecule has 0 fully saturated rings. The van der Waals surface area contributed by atoms with Gasteiger partial charge in [-0.25, -0.2) is 0 Å². The second kappa shape index (κ2) is 4.98. The zero-order valence-electron chi connectivity index (χ0n) is 9.59. The average molecular weight is 201 g/mol. The molecule has 0 aliphatic rings. The van der Waals surface area contributed by atoms with Crippen LogP contribution in [0.4, 0.5) is 0 Å². The first-order valence-electron chi connectivity index (χ1n) is 4.73. The van der Waals surface area contributed by atoms with E-state index in [1.807, 2.05) is 20.8 Å². The van der Waals surface area contributed by atoms with Crippen molar-refractivity contribution >= 4 is 11.9 Å². The molecule has 0 aliphatic heterocycles. The zero-order chi connectivity index (χ0) is 11.4. The van der Waals surface area contributed by atoms with Gasteiger partial charge in [-0.1, -0.05) is 0 Å². The van der Waals surface area contributed by atoms with E-state index in [-0.39, 0.29) is 24.0 Å². The molecule has 4 nitrogen and oxygen atoms in total. The molecule has 0 aliphatic carbocycles. The number of rotatable bonds is 3. The summed E-state index contributed by atoms with van der Waals surface area (Å²) in [7, 11) is 0. The second-order valence-electron chi connectivity index (χ2n) is 4.08. The Balaban J connectivity index is 4.40. The van der Waals surface area contributed by atoms with Gasteiger partial charge in [0.25, 0.3) is 0 Å². The van der Waals surface area contributed by atoms with Crippen LogP contribution in [0.15, 0.2) is 0 Å². The molecule has 0 atom stereocenters. The van der Waals surface area contributed by atoms with E-state index in [0.717, 1.165) is 0 Å². The lowest BCUT2D eigenvalue weighted by molar-refractivity contribution is -0.151. The molecule has 1 amide bonds. The number of esters is 1. The van der Waals surface area contributed by atoms with Crippen molar-refractivity contribution in [1.29, 1.82) is 0 Å². The van der Waals surface area contributed by atoms with Gasteiger partial charge in [-0.05, 0) is 27.7 Å². The molecule has 14 heavy (non-hydrogen) atoms. The van der Waals surface area contributed by atoms with E-state index in [2.05, 4.69) is 0 Å². The summed E-state index contributed by atoms with van der Waals surface area (Å²) < 4.78 is 4.78. The lowest BCUT2D eigenvalue weighted by atomic mass is 10.1. The number of ether oxygens (including phenoxy) is 1. The normalized spacial score (nSPS) is 10.9. The number of amides is 1. The van der Waals surface area contributed by atoms with Crippen molar-refractivity contribution in [2.45, 2.75) is 40.2 Å². The highest BCUT2D eigenvalue weighted by Gasteiger charge is 2.26. The van der Waals surface area contributed by atoms with Gasteiger partial charge in [0.15, 0.2) is 0 Å². The zero-order valence-corrected chi connectivity index (χ0v) is 9.59. The van der Waals surface area contributed by atoms with E-state index in [9.17, 15) is 9.59 Å². The number of hydrogen-bond acceptors (Lipinski definition) is 3. The maximum absolute atomic E-state index is 11.2. The summed E-state index contributed by atoms with van der Waals surface area (Å²) in [5, 5.41) is 0. The highest BCUT2D eigenvalue weighted by atomic mass is 16.5. The van der Waals surface area contributed by atoms with Crippen LogP contribution in [0.1, 0.15) is 34.6 Å². The largest absolute Gasteiger partial charge is 0.465 e. The van der Waals surface area contributed by atoms with Gasteiger partial charge >= 0.3 is 5.97 Å². The minimum Gasteiger partial charge on any atom is -0.465 e. The summed E-state index contributed by atoms with van der Waals surface area (Å²) in [5.41, 5.74) is -0.349. The van der Waals surface area contributed by atoms with E-state index in [1.54, 1.807) is 6.92 Å². The Morgan fingerprint density at radius 3 is 2.07 bits per heavy atom. The monoisotopic (exact) mass is 201 g/mol. The summed E-state index contributed by atoms with van der Waals surface area (Å²) in [6.45, 7) is 9.20. The summed E-state index contributed by atoms with van der Waals surface area (Å²) in [6.07, 6.45) is 0. The van der Waals surface area contributed by atoms with Crippen LogP contribution in [0.25, 0.3) is 0 Å². The van der Waals surface area contributed by atoms with Crippen LogP contribution < -0.4 is 0 Å². The molecule has 0 saturated heterocycles. The number of nitrogens with zero attached hydrogens (tertiary/aromatic N) is 1. The maximum atomic E-state index is 11.2. The van der Waals surface area contributed by atoms with E-state index in [1.165, 1.54) is 11.8 Å². The van der Waals surface area contributed by atoms with Crippen molar-refractivity contribution in [2.24, 2.45) is 0 Å². The molecule has 0 radical (unpaired) electrons. The minimum atomic E-state index is -0.363. The van der Waals surface area contributed by atoms with Gasteiger partial charge in [-0.15, -0.1) is 0 Å². The van der Waals surface area contributed by atoms with Gasteiger partial charge in [0.2, 0.25) is 5.91 Å². The molecule has 0 bridgehead atoms. The molecule has 0 heterocycles. The maximum Gasteiger partial charge on any atom is 0.325 e. The molecule has 0 aromatic carbocycles. The van der Waals surface area contributed by atoms with Gasteiger partial charge in [0.1, 0.15) is 6.54 Å². The first-order chi connectivity index (χ1) is 6.29. The smallest absolute Gasteiger partial charge is 0.325 e. The molecular formula is C10H19NO3. The van der Waals surface area contributed by atoms with E-state index in [0.29, 0.717) is 6.61 Å². The Morgan fingerprint density at radius 1 is 1.29 bits per heavy atom. The van der Waals surface area contributed by atoms with Crippen molar-refractivity contribution in [2.75, 3.05) is 13.2 Å². The standard InChI is InChI=1S/C10H19NO3/c1-6-14-9(13)7-11(8(2)12)10(3,4)5/h6-7H2,1-5H3. The van der Waals surface area contributed by atoms with Gasteiger partial charge in [0, 0.05) is 12.5 Å². The molecule has 4 heteroatoms. The molecule has 82 valence electrons. The summed E-state index contributed by atoms with van der Waals surface area (Å²) >= 11 is 0. The average Bonchev–Trinajstić information content (AvgIpc) is 1.98. The van der Waals surface area contributed by atoms with Crippen LogP contribution in [0, 0.1) is 0 Å². The SMILES string of the molecule is CCOC(=O)CN(C(C)=O)C(C)(C)C. The van der Waals surface area contributed by atoms with Crippen molar-refractivity contribution in [1.82, 2.24) is 4.90 Å². The number of carbonyl (C=O) groups excluding carboxylic acids is 2. The first-order valence-corrected chi connectivity index (χ1v) is 4.73. The van der Waals surface area contributed by atoms with Gasteiger partial charge in [-0.3, -0.25) is 9.59 Å². The fraction of sp³-hybridized carbons (Fsp3) is 0.800. The fourth-order valence-electron chi connectivity index (χ4n) is 1.16. The first kappa shape index (κ1) is 12.9. The van der Waals surface area contributed by atoms with Crippen LogP contribution >= 0.6 is 0 Å². The molecule has 0 aromatic rings. The Kier molecular flexibility index (Phi) is 4.60. The highest BCUT2D eigenvalue weighted by molar-refractivity contribution is 5.81. The molecule has 0 N–H and O–H groups in total. The van der Waals surface area contributed by atoms with E-state index in [4.69, 9.17) is 4.74 Å². The van der Waals surface area contributed by atoms with Crippen LogP contribution in [-0.4, -0.2) is 35.5 Å². The van der Waals surface area contributed by atoms with Crippen molar-refractivity contribution in [3.05, 3.63) is 0 Å². The predicted octanol–water partition coefficient (Wildman–Crippen LogP) is 1.20. The van der Waals surface area contributed by atoms with Crippen molar-refractivity contribution in [3.8, 4) is 0 Å². The summed E-state index contributed by atoms with van der Waals surface area (Å²) in [6, 6.07) is 0. The Morgan fingerprint density at radius 2 is 1.79 bits per heavy atom. The van der Waals surface area contributed by atoms with Crippen molar-refractivity contribution in [3.63, 3.8) is 0 Å². The van der Waals surface area contributed by atoms with Crippen molar-refractivity contribution < 1.29 is 14.3 Å². The Hall–Kier alpha value is -1.06. The van der Waals surface area contributed by atoms with Crippen LogP contribution in [0.3, 0.4) is 0 Å². The van der Waals surface area contributed by atoms with Gasteiger partial charge in [0.05, 0.1) is 6.61 Å². The molecule has 0 rings (SSSR count). The molecule has 0 aromatic heterocycles. The van der Waals surface area contributed by atoms with Gasteiger partial charge in [-0.2, -0.15) is 0 Å². The third-order valence-corrected chi connectivity index (χ3v) is 1.78. The topological polar surface area (TPSA) is 46.6 Å².